The molecular formula is C12H8F16O2. The maximum atomic E-state index is 14.6. The Hall–Kier alpha value is -1.20. The highest BCUT2D eigenvalue weighted by atomic mass is 19.4. The van der Waals surface area contributed by atoms with E-state index in [1.807, 2.05) is 0 Å². The van der Waals surface area contributed by atoms with Crippen LogP contribution in [0.5, 0.6) is 0 Å². The summed E-state index contributed by atoms with van der Waals surface area (Å²) in [4.78, 5) is 0. The molecule has 0 aromatic carbocycles. The van der Waals surface area contributed by atoms with Crippen LogP contribution in [0.25, 0.3) is 0 Å². The van der Waals surface area contributed by atoms with Crippen molar-refractivity contribution in [3.63, 3.8) is 0 Å². The van der Waals surface area contributed by atoms with Gasteiger partial charge in [0.15, 0.2) is 5.92 Å². The summed E-state index contributed by atoms with van der Waals surface area (Å²) in [5, 5.41) is 0. The van der Waals surface area contributed by atoms with E-state index in [1.165, 1.54) is 0 Å². The molecule has 1 aliphatic rings. The molecule has 0 saturated carbocycles. The van der Waals surface area contributed by atoms with Gasteiger partial charge in [-0.05, 0) is 6.42 Å². The predicted octanol–water partition coefficient (Wildman–Crippen LogP) is 5.67. The van der Waals surface area contributed by atoms with E-state index in [0.29, 0.717) is 0 Å². The summed E-state index contributed by atoms with van der Waals surface area (Å²) >= 11 is 0. The molecule has 0 aromatic heterocycles. The zero-order valence-electron chi connectivity index (χ0n) is 13.6. The Labute approximate surface area is 155 Å². The van der Waals surface area contributed by atoms with Gasteiger partial charge in [0.1, 0.15) is 0 Å². The van der Waals surface area contributed by atoms with Gasteiger partial charge in [-0.2, -0.15) is 65.9 Å². The molecule has 1 rings (SSSR count). The second-order valence-electron chi connectivity index (χ2n) is 5.98. The Morgan fingerprint density at radius 1 is 0.667 bits per heavy atom. The lowest BCUT2D eigenvalue weighted by atomic mass is 9.81. The molecule has 0 aliphatic carbocycles. The third-order valence-electron chi connectivity index (χ3n) is 3.79. The van der Waals surface area contributed by atoms with Crippen LogP contribution in [0.2, 0.25) is 0 Å². The van der Waals surface area contributed by atoms with E-state index in [2.05, 4.69) is 9.47 Å². The smallest absolute Gasteiger partial charge is 0.373 e. The molecule has 1 fully saturated rings. The van der Waals surface area contributed by atoms with Crippen molar-refractivity contribution in [3.8, 4) is 0 Å². The van der Waals surface area contributed by atoms with Gasteiger partial charge >= 0.3 is 36.3 Å². The molecule has 2 atom stereocenters. The van der Waals surface area contributed by atoms with E-state index in [1.54, 1.807) is 0 Å². The number of rotatable bonds is 8. The van der Waals surface area contributed by atoms with Gasteiger partial charge in [-0.15, -0.1) is 0 Å². The van der Waals surface area contributed by atoms with Gasteiger partial charge in [-0.1, -0.05) is 0 Å². The first-order valence-corrected chi connectivity index (χ1v) is 7.22. The van der Waals surface area contributed by atoms with Gasteiger partial charge in [0.25, 0.3) is 5.85 Å². The standard InChI is InChI=1S/C12H8F16O2/c13-6(14,10(20,21)22)5(7(15,16)11(23,24)25)8(17,9(18,19)12(26,27)28)30-2-1-4-3-29-4/h4-5H,1-3H2. The number of epoxide rings is 1. The summed E-state index contributed by atoms with van der Waals surface area (Å²) in [6.45, 7) is -2.29. The summed E-state index contributed by atoms with van der Waals surface area (Å²) in [6, 6.07) is 0. The summed E-state index contributed by atoms with van der Waals surface area (Å²) in [5.74, 6) is -37.1. The number of alkyl halides is 16. The summed E-state index contributed by atoms with van der Waals surface area (Å²) in [6.07, 6.45) is -24.9. The summed E-state index contributed by atoms with van der Waals surface area (Å²) in [5.41, 5.74) is 0. The third kappa shape index (κ3) is 4.52. The zero-order valence-corrected chi connectivity index (χ0v) is 13.6. The van der Waals surface area contributed by atoms with Crippen molar-refractivity contribution in [1.29, 1.82) is 0 Å². The average Bonchev–Trinajstić information content (AvgIpc) is 3.27. The van der Waals surface area contributed by atoms with Gasteiger partial charge < -0.3 is 9.47 Å². The van der Waals surface area contributed by atoms with E-state index in [9.17, 15) is 70.2 Å². The highest BCUT2D eigenvalue weighted by Crippen LogP contribution is 2.62. The minimum atomic E-state index is -7.77. The van der Waals surface area contributed by atoms with Gasteiger partial charge in [0.05, 0.1) is 19.3 Å². The number of ether oxygens (including phenoxy) is 2. The van der Waals surface area contributed by atoms with Gasteiger partial charge in [0, 0.05) is 0 Å². The lowest BCUT2D eigenvalue weighted by molar-refractivity contribution is -0.465. The molecule has 0 amide bonds. The van der Waals surface area contributed by atoms with Crippen molar-refractivity contribution in [2.45, 2.75) is 54.7 Å². The fourth-order valence-corrected chi connectivity index (χ4v) is 2.14. The molecule has 2 unspecified atom stereocenters. The fraction of sp³-hybridized carbons (Fsp3) is 1.00. The minimum Gasteiger partial charge on any atom is -0.373 e. The molecular weight excluding hydrogens is 480 g/mol. The lowest BCUT2D eigenvalue weighted by Gasteiger charge is -2.45. The quantitative estimate of drug-likeness (QED) is 0.325. The van der Waals surface area contributed by atoms with Crippen LogP contribution in [0.3, 0.4) is 0 Å². The molecule has 1 saturated heterocycles. The molecule has 1 heterocycles. The second-order valence-corrected chi connectivity index (χ2v) is 5.98. The Morgan fingerprint density at radius 2 is 1.03 bits per heavy atom. The van der Waals surface area contributed by atoms with Crippen LogP contribution in [-0.2, 0) is 9.47 Å². The topological polar surface area (TPSA) is 21.8 Å². The van der Waals surface area contributed by atoms with E-state index < -0.39 is 67.2 Å². The maximum absolute atomic E-state index is 14.6. The van der Waals surface area contributed by atoms with Gasteiger partial charge in [-0.25, -0.2) is 4.39 Å². The Balaban J connectivity index is 3.77. The molecule has 0 spiro atoms. The molecule has 1 aliphatic heterocycles. The highest BCUT2D eigenvalue weighted by molar-refractivity contribution is 5.09. The molecule has 30 heavy (non-hydrogen) atoms. The highest BCUT2D eigenvalue weighted by Gasteiger charge is 2.89. The van der Waals surface area contributed by atoms with E-state index in [0.717, 1.165) is 0 Å². The first-order valence-electron chi connectivity index (χ1n) is 7.22. The van der Waals surface area contributed by atoms with E-state index in [-0.39, 0.29) is 6.61 Å². The second kappa shape index (κ2) is 7.44. The van der Waals surface area contributed by atoms with Crippen molar-refractivity contribution in [1.82, 2.24) is 0 Å². The molecule has 0 bridgehead atoms. The van der Waals surface area contributed by atoms with Crippen LogP contribution in [0.15, 0.2) is 0 Å². The summed E-state index contributed by atoms with van der Waals surface area (Å²) < 4.78 is 215. The van der Waals surface area contributed by atoms with Crippen molar-refractivity contribution in [2.24, 2.45) is 5.92 Å². The van der Waals surface area contributed by atoms with Crippen LogP contribution in [0.1, 0.15) is 6.42 Å². The molecule has 0 N–H and O–H groups in total. The van der Waals surface area contributed by atoms with Crippen LogP contribution in [0.4, 0.5) is 70.2 Å². The molecule has 0 radical (unpaired) electrons. The Bertz CT molecular complexity index is 575. The van der Waals surface area contributed by atoms with Crippen LogP contribution >= 0.6 is 0 Å². The summed E-state index contributed by atoms with van der Waals surface area (Å²) in [7, 11) is 0. The number of hydrogen-bond acceptors (Lipinski definition) is 2. The minimum absolute atomic E-state index is 0.293. The lowest BCUT2D eigenvalue weighted by Crippen LogP contribution is -2.71. The fourth-order valence-electron chi connectivity index (χ4n) is 2.14. The molecule has 2 nitrogen and oxygen atoms in total. The van der Waals surface area contributed by atoms with Crippen LogP contribution < -0.4 is 0 Å². The van der Waals surface area contributed by atoms with Crippen molar-refractivity contribution in [3.05, 3.63) is 0 Å². The maximum Gasteiger partial charge on any atom is 0.459 e. The Kier molecular flexibility index (Phi) is 6.66. The average molecular weight is 488 g/mol. The first kappa shape index (κ1) is 26.8. The van der Waals surface area contributed by atoms with Crippen molar-refractivity contribution < 1.29 is 79.7 Å². The van der Waals surface area contributed by atoms with Crippen LogP contribution in [0, 0.1) is 5.92 Å². The van der Waals surface area contributed by atoms with Crippen molar-refractivity contribution >= 4 is 0 Å². The molecule has 180 valence electrons. The van der Waals surface area contributed by atoms with Gasteiger partial charge in [-0.3, -0.25) is 0 Å². The number of halogens is 16. The number of hydrogen-bond donors (Lipinski definition) is 0. The largest absolute Gasteiger partial charge is 0.459 e. The normalized spacial score (nSPS) is 21.7. The van der Waals surface area contributed by atoms with E-state index in [4.69, 9.17) is 0 Å². The molecule has 0 aromatic rings. The zero-order chi connectivity index (χ0) is 24.2. The molecule has 18 heteroatoms. The SMILES string of the molecule is FC(F)(F)C(F)(F)C(C(F)(F)C(F)(F)F)C(F)(OCCC1CO1)C(F)(F)C(F)(F)F. The van der Waals surface area contributed by atoms with Crippen LogP contribution in [-0.4, -0.2) is 61.5 Å². The Morgan fingerprint density at radius 3 is 1.30 bits per heavy atom. The van der Waals surface area contributed by atoms with Crippen molar-refractivity contribution in [2.75, 3.05) is 13.2 Å². The predicted molar refractivity (Wildman–Crippen MR) is 60.6 cm³/mol. The van der Waals surface area contributed by atoms with Gasteiger partial charge in [0.2, 0.25) is 0 Å². The third-order valence-corrected chi connectivity index (χ3v) is 3.79. The monoisotopic (exact) mass is 488 g/mol. The van der Waals surface area contributed by atoms with E-state index >= 15 is 0 Å². The first-order chi connectivity index (χ1) is 12.9.